The molecule has 0 spiro atoms. The second kappa shape index (κ2) is 7.66. The van der Waals surface area contributed by atoms with Gasteiger partial charge in [0.25, 0.3) is 0 Å². The number of pyridine rings is 1. The first kappa shape index (κ1) is 17.4. The van der Waals surface area contributed by atoms with Gasteiger partial charge in [0.2, 0.25) is 5.76 Å². The predicted molar refractivity (Wildman–Crippen MR) is 101 cm³/mol. The van der Waals surface area contributed by atoms with Crippen molar-refractivity contribution in [2.45, 2.75) is 13.8 Å². The molecule has 3 aromatic rings. The van der Waals surface area contributed by atoms with Crippen molar-refractivity contribution >= 4 is 11.5 Å². The Bertz CT molecular complexity index is 886. The smallest absolute Gasteiger partial charge is 0.372 e. The topological polar surface area (TPSA) is 59.4 Å². The number of carboxylic acids is 1. The average Bonchev–Trinajstić information content (AvgIpc) is 2.62. The maximum absolute atomic E-state index is 12.1. The first-order valence-electron chi connectivity index (χ1n) is 8.26. The van der Waals surface area contributed by atoms with Crippen molar-refractivity contribution in [1.29, 1.82) is 0 Å². The Kier molecular flexibility index (Phi) is 5.13. The lowest BCUT2D eigenvalue weighted by atomic mass is 9.96. The van der Waals surface area contributed by atoms with Crippen LogP contribution in [0.5, 0.6) is 5.75 Å². The Morgan fingerprint density at radius 1 is 0.846 bits per heavy atom. The lowest BCUT2D eigenvalue weighted by Gasteiger charge is -2.15. The molecule has 0 unspecified atom stereocenters. The minimum absolute atomic E-state index is 0.118. The highest BCUT2D eigenvalue weighted by Crippen LogP contribution is 2.29. The van der Waals surface area contributed by atoms with Crippen LogP contribution < -0.4 is 4.74 Å². The van der Waals surface area contributed by atoms with E-state index in [9.17, 15) is 9.90 Å². The highest BCUT2D eigenvalue weighted by molar-refractivity contribution is 5.99. The third-order valence-electron chi connectivity index (χ3n) is 3.82. The molecule has 4 nitrogen and oxygen atoms in total. The molecule has 3 rings (SSSR count). The fourth-order valence-electron chi connectivity index (χ4n) is 2.81. The molecule has 0 atom stereocenters. The predicted octanol–water partition coefficient (Wildman–Crippen LogP) is 4.62. The molecule has 0 radical (unpaired) electrons. The summed E-state index contributed by atoms with van der Waals surface area (Å²) in [6.45, 7) is 3.69. The molecule has 0 saturated carbocycles. The van der Waals surface area contributed by atoms with Crippen LogP contribution in [0.4, 0.5) is 0 Å². The molecule has 1 aromatic heterocycles. The summed E-state index contributed by atoms with van der Waals surface area (Å²) in [7, 11) is 0. The van der Waals surface area contributed by atoms with E-state index in [1.54, 1.807) is 12.1 Å². The Labute approximate surface area is 152 Å². The maximum atomic E-state index is 12.1. The van der Waals surface area contributed by atoms with E-state index in [0.717, 1.165) is 22.5 Å². The zero-order chi connectivity index (χ0) is 18.5. The first-order valence-corrected chi connectivity index (χ1v) is 8.26. The van der Waals surface area contributed by atoms with E-state index in [4.69, 9.17) is 4.74 Å². The highest BCUT2D eigenvalue weighted by Gasteiger charge is 2.20. The summed E-state index contributed by atoms with van der Waals surface area (Å²) in [5.74, 6) is -0.788. The van der Waals surface area contributed by atoms with E-state index in [1.807, 2.05) is 74.5 Å². The van der Waals surface area contributed by atoms with E-state index in [0.29, 0.717) is 11.3 Å². The first-order chi connectivity index (χ1) is 12.5. The molecule has 130 valence electrons. The average molecular weight is 345 g/mol. The molecule has 4 heteroatoms. The molecule has 0 saturated heterocycles. The van der Waals surface area contributed by atoms with Crippen LogP contribution in [-0.2, 0) is 4.79 Å². The Morgan fingerprint density at radius 3 is 1.73 bits per heavy atom. The van der Waals surface area contributed by atoms with Gasteiger partial charge in [0.1, 0.15) is 5.75 Å². The molecule has 0 aliphatic rings. The SMILES string of the molecule is Cc1cc(OC(C(=O)O)=C(c2ccccc2)c2ccccc2)cc(C)n1. The standard InChI is InChI=1S/C22H19NO3/c1-15-13-19(14-16(2)23-15)26-21(22(24)25)20(17-9-5-3-6-10-17)18-11-7-4-8-12-18/h3-14H,1-2H3,(H,24,25). The van der Waals surface area contributed by atoms with Crippen molar-refractivity contribution in [3.05, 3.63) is 101 Å². The summed E-state index contributed by atoms with van der Waals surface area (Å²) in [6, 6.07) is 22.2. The molecule has 1 heterocycles. The Hall–Kier alpha value is -3.40. The van der Waals surface area contributed by atoms with Crippen molar-refractivity contribution in [3.8, 4) is 5.75 Å². The van der Waals surface area contributed by atoms with Crippen LogP contribution in [-0.4, -0.2) is 16.1 Å². The van der Waals surface area contributed by atoms with Crippen LogP contribution >= 0.6 is 0 Å². The molecular formula is C22H19NO3. The van der Waals surface area contributed by atoms with Crippen molar-refractivity contribution in [2.75, 3.05) is 0 Å². The maximum Gasteiger partial charge on any atom is 0.372 e. The minimum Gasteiger partial charge on any atom is -0.475 e. The van der Waals surface area contributed by atoms with E-state index < -0.39 is 5.97 Å². The van der Waals surface area contributed by atoms with E-state index in [-0.39, 0.29) is 5.76 Å². The van der Waals surface area contributed by atoms with Crippen LogP contribution in [0.1, 0.15) is 22.5 Å². The van der Waals surface area contributed by atoms with Crippen molar-refractivity contribution in [3.63, 3.8) is 0 Å². The van der Waals surface area contributed by atoms with Gasteiger partial charge in [0.05, 0.1) is 0 Å². The molecule has 1 N–H and O–H groups in total. The monoisotopic (exact) mass is 345 g/mol. The summed E-state index contributed by atoms with van der Waals surface area (Å²) >= 11 is 0. The zero-order valence-corrected chi connectivity index (χ0v) is 14.6. The second-order valence-corrected chi connectivity index (χ2v) is 5.93. The third-order valence-corrected chi connectivity index (χ3v) is 3.82. The number of aromatic nitrogens is 1. The number of benzene rings is 2. The van der Waals surface area contributed by atoms with E-state index in [1.165, 1.54) is 0 Å². The van der Waals surface area contributed by atoms with Crippen molar-refractivity contribution in [2.24, 2.45) is 0 Å². The van der Waals surface area contributed by atoms with Gasteiger partial charge >= 0.3 is 5.97 Å². The van der Waals surface area contributed by atoms with Gasteiger partial charge < -0.3 is 9.84 Å². The lowest BCUT2D eigenvalue weighted by Crippen LogP contribution is -2.12. The van der Waals surface area contributed by atoms with Gasteiger partial charge in [0, 0.05) is 29.1 Å². The van der Waals surface area contributed by atoms with Gasteiger partial charge in [-0.2, -0.15) is 0 Å². The van der Waals surface area contributed by atoms with Gasteiger partial charge in [-0.1, -0.05) is 60.7 Å². The van der Waals surface area contributed by atoms with Crippen molar-refractivity contribution in [1.82, 2.24) is 4.98 Å². The minimum atomic E-state index is -1.13. The number of aryl methyl sites for hydroxylation is 2. The summed E-state index contributed by atoms with van der Waals surface area (Å²) in [6.07, 6.45) is 0. The summed E-state index contributed by atoms with van der Waals surface area (Å²) in [5, 5.41) is 9.87. The molecule has 26 heavy (non-hydrogen) atoms. The van der Waals surface area contributed by atoms with Crippen LogP contribution in [0.2, 0.25) is 0 Å². The summed E-state index contributed by atoms with van der Waals surface area (Å²) < 4.78 is 5.85. The number of aliphatic carboxylic acids is 1. The Morgan fingerprint density at radius 2 is 1.31 bits per heavy atom. The lowest BCUT2D eigenvalue weighted by molar-refractivity contribution is -0.134. The van der Waals surface area contributed by atoms with E-state index in [2.05, 4.69) is 4.98 Å². The molecule has 2 aromatic carbocycles. The second-order valence-electron chi connectivity index (χ2n) is 5.93. The number of carboxylic acid groups (broad SMARTS) is 1. The number of carbonyl (C=O) groups is 1. The third kappa shape index (κ3) is 3.98. The van der Waals surface area contributed by atoms with Gasteiger partial charge in [-0.15, -0.1) is 0 Å². The largest absolute Gasteiger partial charge is 0.475 e. The zero-order valence-electron chi connectivity index (χ0n) is 14.6. The Balaban J connectivity index is 2.20. The van der Waals surface area contributed by atoms with Gasteiger partial charge in [0.15, 0.2) is 0 Å². The molecule has 0 aliphatic carbocycles. The highest BCUT2D eigenvalue weighted by atomic mass is 16.5. The van der Waals surface area contributed by atoms with E-state index >= 15 is 0 Å². The normalized spacial score (nSPS) is 10.2. The molecule has 0 amide bonds. The van der Waals surface area contributed by atoms with Crippen molar-refractivity contribution < 1.29 is 14.6 Å². The number of nitrogens with zero attached hydrogens (tertiary/aromatic N) is 1. The van der Waals surface area contributed by atoms with Crippen LogP contribution in [0.15, 0.2) is 78.6 Å². The van der Waals surface area contributed by atoms with Crippen LogP contribution in [0, 0.1) is 13.8 Å². The number of hydrogen-bond donors (Lipinski definition) is 1. The van der Waals surface area contributed by atoms with Gasteiger partial charge in [-0.3, -0.25) is 4.98 Å². The molecule has 0 fully saturated rings. The van der Waals surface area contributed by atoms with Crippen LogP contribution in [0.25, 0.3) is 5.57 Å². The summed E-state index contributed by atoms with van der Waals surface area (Å²) in [4.78, 5) is 16.4. The molecule has 0 bridgehead atoms. The summed E-state index contributed by atoms with van der Waals surface area (Å²) in [5.41, 5.74) is 3.62. The number of hydrogen-bond acceptors (Lipinski definition) is 3. The van der Waals surface area contributed by atoms with Gasteiger partial charge in [-0.25, -0.2) is 4.79 Å². The molecule has 0 aliphatic heterocycles. The quantitative estimate of drug-likeness (QED) is 0.541. The molecular weight excluding hydrogens is 326 g/mol. The van der Waals surface area contributed by atoms with Gasteiger partial charge in [-0.05, 0) is 25.0 Å². The number of ether oxygens (including phenoxy) is 1. The fraction of sp³-hybridized carbons (Fsp3) is 0.0909. The van der Waals surface area contributed by atoms with Crippen LogP contribution in [0.3, 0.4) is 0 Å². The fourth-order valence-corrected chi connectivity index (χ4v) is 2.81. The number of rotatable bonds is 5.